The van der Waals surface area contributed by atoms with Crippen LogP contribution in [0.5, 0.6) is 17.4 Å². The third-order valence-corrected chi connectivity index (χ3v) is 5.61. The Bertz CT molecular complexity index is 1510. The maximum absolute atomic E-state index is 12.7. The molecule has 0 radical (unpaired) electrons. The van der Waals surface area contributed by atoms with Crippen molar-refractivity contribution in [3.63, 3.8) is 0 Å². The van der Waals surface area contributed by atoms with E-state index >= 15 is 0 Å². The number of aryl methyl sites for hydroxylation is 1. The summed E-state index contributed by atoms with van der Waals surface area (Å²) in [5, 5.41) is 11.4. The van der Waals surface area contributed by atoms with E-state index < -0.39 is 5.91 Å². The Kier molecular flexibility index (Phi) is 8.99. The van der Waals surface area contributed by atoms with Crippen molar-refractivity contribution in [2.75, 3.05) is 20.3 Å². The van der Waals surface area contributed by atoms with Crippen LogP contribution in [0, 0.1) is 6.92 Å². The number of amides is 1. The van der Waals surface area contributed by atoms with Gasteiger partial charge in [0.1, 0.15) is 17.1 Å². The van der Waals surface area contributed by atoms with Crippen LogP contribution in [0.25, 0.3) is 11.0 Å². The van der Waals surface area contributed by atoms with E-state index in [-0.39, 0.29) is 36.2 Å². The van der Waals surface area contributed by atoms with E-state index in [9.17, 15) is 9.59 Å². The van der Waals surface area contributed by atoms with Gasteiger partial charge in [0.05, 0.1) is 24.8 Å². The molecule has 0 bridgehead atoms. The van der Waals surface area contributed by atoms with E-state index in [2.05, 4.69) is 27.2 Å². The van der Waals surface area contributed by atoms with Gasteiger partial charge in [0.15, 0.2) is 5.82 Å². The number of ketones is 1. The Labute approximate surface area is 225 Å². The van der Waals surface area contributed by atoms with Crippen molar-refractivity contribution in [2.45, 2.75) is 6.92 Å². The van der Waals surface area contributed by atoms with Crippen molar-refractivity contribution in [3.8, 4) is 17.4 Å². The van der Waals surface area contributed by atoms with Crippen LogP contribution in [0.15, 0.2) is 91.1 Å². The SMILES string of the molecule is COc1ccc(C)cc1.O=C(c1ccc(Oc2ncccc2C(=O)NCCO)cc1)c1nc2ccccc2[nH]1. The molecule has 3 N–H and O–H groups in total. The zero-order chi connectivity index (χ0) is 27.6. The molecule has 3 aromatic carbocycles. The van der Waals surface area contributed by atoms with Gasteiger partial charge in [-0.05, 0) is 67.6 Å². The molecular weight excluding hydrogens is 496 g/mol. The standard InChI is InChI=1S/C22H18N4O4.C8H10O/c27-13-12-23-21(29)16-4-3-11-24-22(16)30-15-9-7-14(8-10-15)19(28)20-25-17-5-1-2-6-18(17)26-20;1-7-3-5-8(9-2)6-4-7/h1-11,27H,12-13H2,(H,23,29)(H,25,26);3-6H,1-2H3. The van der Waals surface area contributed by atoms with Crippen LogP contribution in [0.4, 0.5) is 0 Å². The van der Waals surface area contributed by atoms with Crippen LogP contribution in [-0.4, -0.2) is 52.0 Å². The van der Waals surface area contributed by atoms with Crippen LogP contribution in [0.3, 0.4) is 0 Å². The van der Waals surface area contributed by atoms with E-state index in [0.29, 0.717) is 11.3 Å². The number of pyridine rings is 1. The number of methoxy groups -OCH3 is 1. The van der Waals surface area contributed by atoms with Gasteiger partial charge in [-0.2, -0.15) is 0 Å². The molecule has 2 heterocycles. The number of aromatic amines is 1. The highest BCUT2D eigenvalue weighted by atomic mass is 16.5. The fourth-order valence-corrected chi connectivity index (χ4v) is 3.57. The third-order valence-electron chi connectivity index (χ3n) is 5.61. The topological polar surface area (TPSA) is 126 Å². The Morgan fingerprint density at radius 2 is 1.64 bits per heavy atom. The monoisotopic (exact) mass is 524 g/mol. The number of carbonyl (C=O) groups is 2. The molecule has 1 amide bonds. The molecule has 2 aromatic heterocycles. The third kappa shape index (κ3) is 7.06. The summed E-state index contributed by atoms with van der Waals surface area (Å²) in [7, 11) is 1.67. The lowest BCUT2D eigenvalue weighted by Crippen LogP contribution is -2.26. The van der Waals surface area contributed by atoms with Gasteiger partial charge in [-0.25, -0.2) is 9.97 Å². The highest BCUT2D eigenvalue weighted by Gasteiger charge is 2.16. The molecule has 9 nitrogen and oxygen atoms in total. The number of ether oxygens (including phenoxy) is 2. The number of H-pyrrole nitrogens is 1. The Balaban J connectivity index is 0.000000333. The van der Waals surface area contributed by atoms with Gasteiger partial charge in [-0.1, -0.05) is 29.8 Å². The summed E-state index contributed by atoms with van der Waals surface area (Å²) in [5.74, 6) is 1.09. The number of carbonyl (C=O) groups excluding carboxylic acids is 2. The van der Waals surface area contributed by atoms with E-state index in [0.717, 1.165) is 16.8 Å². The van der Waals surface area contributed by atoms with Gasteiger partial charge < -0.3 is 24.9 Å². The quantitative estimate of drug-likeness (QED) is 0.251. The molecule has 0 fully saturated rings. The first kappa shape index (κ1) is 27.0. The average Bonchev–Trinajstić information content (AvgIpc) is 3.41. The number of rotatable bonds is 8. The minimum Gasteiger partial charge on any atom is -0.497 e. The van der Waals surface area contributed by atoms with Gasteiger partial charge in [0, 0.05) is 18.3 Å². The van der Waals surface area contributed by atoms with Crippen LogP contribution >= 0.6 is 0 Å². The highest BCUT2D eigenvalue weighted by molar-refractivity contribution is 6.08. The minimum atomic E-state index is -0.399. The first-order chi connectivity index (χ1) is 19.0. The number of aliphatic hydroxyl groups excluding tert-OH is 1. The van der Waals surface area contributed by atoms with Gasteiger partial charge in [-0.15, -0.1) is 0 Å². The van der Waals surface area contributed by atoms with Gasteiger partial charge in [0.25, 0.3) is 5.91 Å². The molecule has 9 heteroatoms. The summed E-state index contributed by atoms with van der Waals surface area (Å²) in [4.78, 5) is 36.4. The molecule has 0 aliphatic heterocycles. The van der Waals surface area contributed by atoms with Crippen LogP contribution in [0.1, 0.15) is 32.1 Å². The normalized spacial score (nSPS) is 10.3. The molecule has 5 rings (SSSR count). The summed E-state index contributed by atoms with van der Waals surface area (Å²) in [6.45, 7) is 2.02. The molecule has 0 aliphatic rings. The van der Waals surface area contributed by atoms with E-state index in [1.165, 1.54) is 11.8 Å². The number of para-hydroxylation sites is 2. The molecule has 198 valence electrons. The minimum absolute atomic E-state index is 0.129. The molecule has 0 saturated carbocycles. The molecule has 0 spiro atoms. The summed E-state index contributed by atoms with van der Waals surface area (Å²) >= 11 is 0. The molecule has 0 unspecified atom stereocenters. The largest absolute Gasteiger partial charge is 0.497 e. The Hall–Kier alpha value is -5.02. The predicted octanol–water partition coefficient (Wildman–Crippen LogP) is 4.71. The highest BCUT2D eigenvalue weighted by Crippen LogP contribution is 2.24. The molecule has 0 atom stereocenters. The number of benzene rings is 3. The number of hydrogen-bond donors (Lipinski definition) is 3. The summed E-state index contributed by atoms with van der Waals surface area (Å²) in [6.07, 6.45) is 1.51. The first-order valence-corrected chi connectivity index (χ1v) is 12.2. The maximum atomic E-state index is 12.7. The molecule has 5 aromatic rings. The fourth-order valence-electron chi connectivity index (χ4n) is 3.57. The van der Waals surface area contributed by atoms with Crippen molar-refractivity contribution >= 4 is 22.7 Å². The number of nitrogens with one attached hydrogen (secondary N) is 2. The van der Waals surface area contributed by atoms with Crippen molar-refractivity contribution < 1.29 is 24.2 Å². The molecule has 0 aliphatic carbocycles. The second kappa shape index (κ2) is 13.0. The van der Waals surface area contributed by atoms with Crippen LogP contribution < -0.4 is 14.8 Å². The van der Waals surface area contributed by atoms with E-state index in [1.54, 1.807) is 43.5 Å². The zero-order valence-electron chi connectivity index (χ0n) is 21.5. The molecule has 0 saturated heterocycles. The van der Waals surface area contributed by atoms with E-state index in [4.69, 9.17) is 14.6 Å². The van der Waals surface area contributed by atoms with Crippen molar-refractivity contribution in [2.24, 2.45) is 0 Å². The second-order valence-electron chi connectivity index (χ2n) is 8.41. The van der Waals surface area contributed by atoms with E-state index in [1.807, 2.05) is 48.5 Å². The lowest BCUT2D eigenvalue weighted by atomic mass is 10.1. The number of imidazole rings is 1. The number of nitrogens with zero attached hydrogens (tertiary/aromatic N) is 2. The van der Waals surface area contributed by atoms with Gasteiger partial charge in [-0.3, -0.25) is 9.59 Å². The van der Waals surface area contributed by atoms with Gasteiger partial charge in [0.2, 0.25) is 11.7 Å². The number of hydrogen-bond acceptors (Lipinski definition) is 7. The lowest BCUT2D eigenvalue weighted by Gasteiger charge is -2.10. The average molecular weight is 525 g/mol. The maximum Gasteiger partial charge on any atom is 0.256 e. The van der Waals surface area contributed by atoms with Crippen LogP contribution in [-0.2, 0) is 0 Å². The predicted molar refractivity (Wildman–Crippen MR) is 147 cm³/mol. The second-order valence-corrected chi connectivity index (χ2v) is 8.41. The number of aliphatic hydroxyl groups is 1. The Morgan fingerprint density at radius 1 is 0.923 bits per heavy atom. The molecule has 39 heavy (non-hydrogen) atoms. The lowest BCUT2D eigenvalue weighted by molar-refractivity contribution is 0.0941. The summed E-state index contributed by atoms with van der Waals surface area (Å²) < 4.78 is 10.7. The number of fused-ring (bicyclic) bond motifs is 1. The Morgan fingerprint density at radius 3 is 2.33 bits per heavy atom. The fraction of sp³-hybridized carbons (Fsp3) is 0.133. The molecular formula is C30H28N4O5. The summed E-state index contributed by atoms with van der Waals surface area (Å²) in [5.41, 5.74) is 3.47. The van der Waals surface area contributed by atoms with Crippen molar-refractivity contribution in [3.05, 3.63) is 114 Å². The smallest absolute Gasteiger partial charge is 0.256 e. The van der Waals surface area contributed by atoms with Gasteiger partial charge >= 0.3 is 0 Å². The number of aromatic nitrogens is 3. The summed E-state index contributed by atoms with van der Waals surface area (Å²) in [6, 6.07) is 25.1. The first-order valence-electron chi connectivity index (χ1n) is 12.2. The zero-order valence-corrected chi connectivity index (χ0v) is 21.5. The van der Waals surface area contributed by atoms with Crippen molar-refractivity contribution in [1.29, 1.82) is 0 Å². The van der Waals surface area contributed by atoms with Crippen molar-refractivity contribution in [1.82, 2.24) is 20.3 Å². The van der Waals surface area contributed by atoms with Crippen LogP contribution in [0.2, 0.25) is 0 Å².